The van der Waals surface area contributed by atoms with Gasteiger partial charge in [0.2, 0.25) is 0 Å². The molecule has 0 bridgehead atoms. The SMILES string of the molecule is Cc1ccc(CN(C)C(=O)c2sc(NC3CC3)nc2N)o1. The first-order valence-corrected chi connectivity index (χ1v) is 7.68. The Labute approximate surface area is 127 Å². The van der Waals surface area contributed by atoms with Gasteiger partial charge in [-0.25, -0.2) is 4.98 Å². The molecule has 112 valence electrons. The number of nitrogens with zero attached hydrogens (tertiary/aromatic N) is 2. The summed E-state index contributed by atoms with van der Waals surface area (Å²) in [6.07, 6.45) is 2.31. The van der Waals surface area contributed by atoms with Gasteiger partial charge < -0.3 is 20.4 Å². The molecule has 1 aliphatic carbocycles. The first kappa shape index (κ1) is 13.9. The zero-order valence-electron chi connectivity index (χ0n) is 12.0. The third-order valence-electron chi connectivity index (χ3n) is 3.29. The number of nitrogen functional groups attached to an aromatic ring is 1. The zero-order chi connectivity index (χ0) is 15.0. The van der Waals surface area contributed by atoms with Crippen LogP contribution >= 0.6 is 11.3 Å². The highest BCUT2D eigenvalue weighted by Crippen LogP contribution is 2.31. The van der Waals surface area contributed by atoms with Crippen molar-refractivity contribution in [3.63, 3.8) is 0 Å². The molecule has 0 saturated heterocycles. The van der Waals surface area contributed by atoms with Gasteiger partial charge in [0.25, 0.3) is 5.91 Å². The van der Waals surface area contributed by atoms with Crippen LogP contribution in [0.1, 0.15) is 34.0 Å². The van der Waals surface area contributed by atoms with Crippen molar-refractivity contribution in [3.8, 4) is 0 Å². The zero-order valence-corrected chi connectivity index (χ0v) is 12.9. The number of anilines is 2. The molecule has 0 radical (unpaired) electrons. The second kappa shape index (κ2) is 5.40. The summed E-state index contributed by atoms with van der Waals surface area (Å²) in [6.45, 7) is 2.29. The molecule has 0 spiro atoms. The summed E-state index contributed by atoms with van der Waals surface area (Å²) in [7, 11) is 1.73. The summed E-state index contributed by atoms with van der Waals surface area (Å²) in [6, 6.07) is 4.24. The van der Waals surface area contributed by atoms with Gasteiger partial charge in [-0.05, 0) is 31.9 Å². The molecular weight excluding hydrogens is 288 g/mol. The average Bonchev–Trinajstić information content (AvgIpc) is 3.04. The maximum atomic E-state index is 12.4. The fourth-order valence-corrected chi connectivity index (χ4v) is 2.95. The molecule has 2 heterocycles. The Morgan fingerprint density at radius 3 is 2.95 bits per heavy atom. The van der Waals surface area contributed by atoms with Crippen molar-refractivity contribution in [2.75, 3.05) is 18.1 Å². The van der Waals surface area contributed by atoms with E-state index in [1.54, 1.807) is 11.9 Å². The Morgan fingerprint density at radius 2 is 2.33 bits per heavy atom. The maximum Gasteiger partial charge on any atom is 0.268 e. The minimum Gasteiger partial charge on any atom is -0.464 e. The van der Waals surface area contributed by atoms with Crippen LogP contribution in [0, 0.1) is 6.92 Å². The highest BCUT2D eigenvalue weighted by molar-refractivity contribution is 7.18. The smallest absolute Gasteiger partial charge is 0.268 e. The predicted octanol–water partition coefficient (Wildman–Crippen LogP) is 2.47. The molecule has 2 aromatic heterocycles. The lowest BCUT2D eigenvalue weighted by Crippen LogP contribution is -2.25. The number of furan rings is 1. The molecule has 1 fully saturated rings. The van der Waals surface area contributed by atoms with E-state index in [1.807, 2.05) is 19.1 Å². The minimum atomic E-state index is -0.136. The molecule has 6 nitrogen and oxygen atoms in total. The quantitative estimate of drug-likeness (QED) is 0.886. The topological polar surface area (TPSA) is 84.4 Å². The molecule has 2 aromatic rings. The third-order valence-corrected chi connectivity index (χ3v) is 4.28. The monoisotopic (exact) mass is 306 g/mol. The fourth-order valence-electron chi connectivity index (χ4n) is 2.00. The summed E-state index contributed by atoms with van der Waals surface area (Å²) >= 11 is 1.31. The van der Waals surface area contributed by atoms with E-state index >= 15 is 0 Å². The van der Waals surface area contributed by atoms with Crippen molar-refractivity contribution in [1.29, 1.82) is 0 Å². The molecule has 7 heteroatoms. The Morgan fingerprint density at radius 1 is 1.57 bits per heavy atom. The highest BCUT2D eigenvalue weighted by atomic mass is 32.1. The molecule has 0 atom stereocenters. The van der Waals surface area contributed by atoms with Crippen LogP contribution < -0.4 is 11.1 Å². The van der Waals surface area contributed by atoms with Gasteiger partial charge in [0, 0.05) is 13.1 Å². The molecule has 1 aliphatic rings. The first-order valence-electron chi connectivity index (χ1n) is 6.86. The summed E-state index contributed by atoms with van der Waals surface area (Å²) in [5.74, 6) is 1.74. The van der Waals surface area contributed by atoms with Crippen LogP contribution in [0.2, 0.25) is 0 Å². The largest absolute Gasteiger partial charge is 0.464 e. The number of aryl methyl sites for hydroxylation is 1. The number of hydrogen-bond donors (Lipinski definition) is 2. The van der Waals surface area contributed by atoms with Crippen molar-refractivity contribution < 1.29 is 9.21 Å². The normalized spacial score (nSPS) is 14.2. The van der Waals surface area contributed by atoms with Crippen LogP contribution in [-0.2, 0) is 6.54 Å². The van der Waals surface area contributed by atoms with Crippen LogP contribution in [0.25, 0.3) is 0 Å². The van der Waals surface area contributed by atoms with E-state index in [0.29, 0.717) is 17.5 Å². The molecule has 3 rings (SSSR count). The Bertz CT molecular complexity index is 660. The van der Waals surface area contributed by atoms with Gasteiger partial charge in [0.1, 0.15) is 22.2 Å². The molecule has 3 N–H and O–H groups in total. The van der Waals surface area contributed by atoms with E-state index in [0.717, 1.165) is 29.5 Å². The van der Waals surface area contributed by atoms with Crippen LogP contribution in [0.5, 0.6) is 0 Å². The fraction of sp³-hybridized carbons (Fsp3) is 0.429. The van der Waals surface area contributed by atoms with E-state index in [-0.39, 0.29) is 11.7 Å². The van der Waals surface area contributed by atoms with Gasteiger partial charge >= 0.3 is 0 Å². The molecule has 0 aliphatic heterocycles. The number of aromatic nitrogens is 1. The van der Waals surface area contributed by atoms with Crippen LogP contribution in [0.4, 0.5) is 10.9 Å². The predicted molar refractivity (Wildman–Crippen MR) is 82.4 cm³/mol. The molecule has 1 amide bonds. The number of hydrogen-bond acceptors (Lipinski definition) is 6. The van der Waals surface area contributed by atoms with Crippen molar-refractivity contribution in [1.82, 2.24) is 9.88 Å². The standard InChI is InChI=1S/C14H18N4O2S/c1-8-3-6-10(20-8)7-18(2)13(19)11-12(15)17-14(21-11)16-9-4-5-9/h3,6,9H,4-5,7,15H2,1-2H3,(H,16,17). The molecule has 21 heavy (non-hydrogen) atoms. The Balaban J connectivity index is 1.69. The second-order valence-electron chi connectivity index (χ2n) is 5.33. The van der Waals surface area contributed by atoms with Crippen molar-refractivity contribution in [2.45, 2.75) is 32.4 Å². The molecular formula is C14H18N4O2S. The second-order valence-corrected chi connectivity index (χ2v) is 6.32. The van der Waals surface area contributed by atoms with Gasteiger partial charge in [0.05, 0.1) is 6.54 Å². The van der Waals surface area contributed by atoms with Crippen LogP contribution in [0.15, 0.2) is 16.5 Å². The minimum absolute atomic E-state index is 0.136. The number of amides is 1. The Kier molecular flexibility index (Phi) is 3.59. The average molecular weight is 306 g/mol. The van der Waals surface area contributed by atoms with Gasteiger partial charge in [-0.1, -0.05) is 11.3 Å². The number of carbonyl (C=O) groups excluding carboxylic acids is 1. The summed E-state index contributed by atoms with van der Waals surface area (Å²) < 4.78 is 5.49. The summed E-state index contributed by atoms with van der Waals surface area (Å²) in [5, 5.41) is 3.98. The summed E-state index contributed by atoms with van der Waals surface area (Å²) in [5.41, 5.74) is 5.86. The van der Waals surface area contributed by atoms with E-state index < -0.39 is 0 Å². The van der Waals surface area contributed by atoms with E-state index in [2.05, 4.69) is 10.3 Å². The molecule has 0 unspecified atom stereocenters. The number of nitrogens with one attached hydrogen (secondary N) is 1. The van der Waals surface area contributed by atoms with Crippen molar-refractivity contribution in [3.05, 3.63) is 28.5 Å². The van der Waals surface area contributed by atoms with E-state index in [1.165, 1.54) is 11.3 Å². The molecule has 0 aromatic carbocycles. The Hall–Kier alpha value is -2.02. The molecule has 1 saturated carbocycles. The number of rotatable bonds is 5. The lowest BCUT2D eigenvalue weighted by atomic mass is 10.3. The lowest BCUT2D eigenvalue weighted by Gasteiger charge is -2.14. The van der Waals surface area contributed by atoms with Crippen molar-refractivity contribution in [2.24, 2.45) is 0 Å². The van der Waals surface area contributed by atoms with Gasteiger partial charge in [0.15, 0.2) is 5.13 Å². The first-order chi connectivity index (χ1) is 10.0. The van der Waals surface area contributed by atoms with E-state index in [9.17, 15) is 4.79 Å². The highest BCUT2D eigenvalue weighted by Gasteiger charge is 2.25. The van der Waals surface area contributed by atoms with Crippen LogP contribution in [0.3, 0.4) is 0 Å². The summed E-state index contributed by atoms with van der Waals surface area (Å²) in [4.78, 5) is 18.7. The maximum absolute atomic E-state index is 12.4. The van der Waals surface area contributed by atoms with Crippen LogP contribution in [-0.4, -0.2) is 28.9 Å². The van der Waals surface area contributed by atoms with Gasteiger partial charge in [-0.3, -0.25) is 4.79 Å². The number of carbonyl (C=O) groups is 1. The lowest BCUT2D eigenvalue weighted by molar-refractivity contribution is 0.0780. The third kappa shape index (κ3) is 3.18. The van der Waals surface area contributed by atoms with E-state index in [4.69, 9.17) is 10.2 Å². The van der Waals surface area contributed by atoms with Crippen molar-refractivity contribution >= 4 is 28.2 Å². The van der Waals surface area contributed by atoms with Gasteiger partial charge in [-0.15, -0.1) is 0 Å². The van der Waals surface area contributed by atoms with Gasteiger partial charge in [-0.2, -0.15) is 0 Å². The number of nitrogens with two attached hydrogens (primary N) is 1. The number of thiazole rings is 1.